The van der Waals surface area contributed by atoms with Crippen molar-refractivity contribution in [1.29, 1.82) is 0 Å². The standard InChI is InChI=1S/C14H16N2O2S2/c1-2-11-12(20-8-7-19-11)13-15-14(18-16-13)9-3-5-10(17)6-4-9/h3-6,11-12,17H,2,7-8H2,1H3. The van der Waals surface area contributed by atoms with Gasteiger partial charge in [0.1, 0.15) is 5.75 Å². The number of aromatic nitrogens is 2. The number of thioether (sulfide) groups is 2. The van der Waals surface area contributed by atoms with E-state index in [1.165, 1.54) is 5.75 Å². The summed E-state index contributed by atoms with van der Waals surface area (Å²) >= 11 is 3.91. The van der Waals surface area contributed by atoms with Crippen molar-refractivity contribution in [2.75, 3.05) is 11.5 Å². The van der Waals surface area contributed by atoms with Crippen LogP contribution in [0.1, 0.15) is 24.4 Å². The van der Waals surface area contributed by atoms with Crippen LogP contribution in [0.15, 0.2) is 28.8 Å². The second-order valence-corrected chi connectivity index (χ2v) is 7.21. The highest BCUT2D eigenvalue weighted by molar-refractivity contribution is 8.06. The molecular weight excluding hydrogens is 292 g/mol. The highest BCUT2D eigenvalue weighted by atomic mass is 32.2. The zero-order chi connectivity index (χ0) is 13.9. The molecule has 1 saturated heterocycles. The van der Waals surface area contributed by atoms with Gasteiger partial charge in [-0.1, -0.05) is 12.1 Å². The van der Waals surface area contributed by atoms with E-state index in [-0.39, 0.29) is 5.75 Å². The monoisotopic (exact) mass is 308 g/mol. The Bertz CT molecular complexity index is 571. The molecule has 20 heavy (non-hydrogen) atoms. The first-order chi connectivity index (χ1) is 9.78. The predicted molar refractivity (Wildman–Crippen MR) is 83.1 cm³/mol. The Morgan fingerprint density at radius 1 is 1.25 bits per heavy atom. The number of nitrogens with zero attached hydrogens (tertiary/aromatic N) is 2. The van der Waals surface area contributed by atoms with Crippen molar-refractivity contribution < 1.29 is 9.63 Å². The number of aromatic hydroxyl groups is 1. The van der Waals surface area contributed by atoms with Gasteiger partial charge in [0.05, 0.1) is 5.25 Å². The number of benzene rings is 1. The van der Waals surface area contributed by atoms with Gasteiger partial charge in [-0.25, -0.2) is 0 Å². The van der Waals surface area contributed by atoms with E-state index in [1.807, 2.05) is 23.5 Å². The lowest BCUT2D eigenvalue weighted by Crippen LogP contribution is -2.19. The van der Waals surface area contributed by atoms with Crippen molar-refractivity contribution in [3.05, 3.63) is 30.1 Å². The third-order valence-corrected chi connectivity index (χ3v) is 6.51. The molecule has 2 aromatic rings. The van der Waals surface area contributed by atoms with Gasteiger partial charge in [0.25, 0.3) is 5.89 Å². The first kappa shape index (κ1) is 13.8. The molecule has 4 nitrogen and oxygen atoms in total. The van der Waals surface area contributed by atoms with Crippen LogP contribution in [0, 0.1) is 0 Å². The summed E-state index contributed by atoms with van der Waals surface area (Å²) in [6.07, 6.45) is 1.12. The normalized spacial score (nSPS) is 22.9. The molecule has 0 bridgehead atoms. The average Bonchev–Trinajstić information content (AvgIpc) is 2.97. The molecule has 1 fully saturated rings. The van der Waals surface area contributed by atoms with Crippen molar-refractivity contribution in [2.24, 2.45) is 0 Å². The molecule has 1 aliphatic rings. The molecule has 106 valence electrons. The maximum atomic E-state index is 9.31. The van der Waals surface area contributed by atoms with E-state index in [4.69, 9.17) is 4.52 Å². The summed E-state index contributed by atoms with van der Waals surface area (Å²) in [5.74, 6) is 3.87. The summed E-state index contributed by atoms with van der Waals surface area (Å²) in [7, 11) is 0. The third-order valence-electron chi connectivity index (χ3n) is 3.26. The average molecular weight is 308 g/mol. The van der Waals surface area contributed by atoms with Crippen molar-refractivity contribution in [1.82, 2.24) is 10.1 Å². The van der Waals surface area contributed by atoms with Crippen LogP contribution >= 0.6 is 23.5 Å². The first-order valence-corrected chi connectivity index (χ1v) is 8.74. The molecular formula is C14H16N2O2S2. The lowest BCUT2D eigenvalue weighted by molar-refractivity contribution is 0.421. The molecule has 0 spiro atoms. The molecule has 0 saturated carbocycles. The molecule has 3 rings (SSSR count). The zero-order valence-electron chi connectivity index (χ0n) is 11.2. The molecule has 6 heteroatoms. The van der Waals surface area contributed by atoms with Gasteiger partial charge in [-0.3, -0.25) is 0 Å². The Kier molecular flexibility index (Phi) is 4.21. The minimum atomic E-state index is 0.235. The zero-order valence-corrected chi connectivity index (χ0v) is 12.8. The van der Waals surface area contributed by atoms with Crippen LogP contribution in [0.3, 0.4) is 0 Å². The van der Waals surface area contributed by atoms with Gasteiger partial charge in [-0.15, -0.1) is 11.8 Å². The van der Waals surface area contributed by atoms with Gasteiger partial charge in [-0.05, 0) is 30.7 Å². The summed E-state index contributed by atoms with van der Waals surface area (Å²) in [6, 6.07) is 6.82. The van der Waals surface area contributed by atoms with E-state index in [0.29, 0.717) is 16.4 Å². The van der Waals surface area contributed by atoms with Gasteiger partial charge < -0.3 is 9.63 Å². The fraction of sp³-hybridized carbons (Fsp3) is 0.429. The molecule has 1 N–H and O–H groups in total. The summed E-state index contributed by atoms with van der Waals surface area (Å²) < 4.78 is 5.37. The molecule has 2 atom stereocenters. The van der Waals surface area contributed by atoms with E-state index in [1.54, 1.807) is 24.3 Å². The topological polar surface area (TPSA) is 59.2 Å². The Morgan fingerprint density at radius 2 is 2.00 bits per heavy atom. The van der Waals surface area contributed by atoms with Gasteiger partial charge in [-0.2, -0.15) is 16.7 Å². The number of rotatable bonds is 3. The maximum absolute atomic E-state index is 9.31. The maximum Gasteiger partial charge on any atom is 0.257 e. The summed E-state index contributed by atoms with van der Waals surface area (Å²) in [6.45, 7) is 2.21. The Hall–Kier alpha value is -1.14. The van der Waals surface area contributed by atoms with E-state index in [0.717, 1.165) is 23.6 Å². The van der Waals surface area contributed by atoms with Gasteiger partial charge in [0.2, 0.25) is 0 Å². The van der Waals surface area contributed by atoms with E-state index < -0.39 is 0 Å². The SMILES string of the molecule is CCC1SCCSC1c1noc(-c2ccc(O)cc2)n1. The van der Waals surface area contributed by atoms with E-state index >= 15 is 0 Å². The number of hydrogen-bond donors (Lipinski definition) is 1. The fourth-order valence-electron chi connectivity index (χ4n) is 2.21. The molecule has 0 aliphatic carbocycles. The lowest BCUT2D eigenvalue weighted by atomic mass is 10.2. The van der Waals surface area contributed by atoms with Gasteiger partial charge in [0, 0.05) is 22.3 Å². The van der Waals surface area contributed by atoms with Crippen molar-refractivity contribution >= 4 is 23.5 Å². The van der Waals surface area contributed by atoms with Crippen molar-refractivity contribution in [2.45, 2.75) is 23.8 Å². The lowest BCUT2D eigenvalue weighted by Gasteiger charge is -2.27. The minimum Gasteiger partial charge on any atom is -0.508 e. The summed E-state index contributed by atoms with van der Waals surface area (Å²) in [5, 5.41) is 14.3. The van der Waals surface area contributed by atoms with Crippen LogP contribution in [0.4, 0.5) is 0 Å². The van der Waals surface area contributed by atoms with Crippen molar-refractivity contribution in [3.8, 4) is 17.2 Å². The Morgan fingerprint density at radius 3 is 2.75 bits per heavy atom. The van der Waals surface area contributed by atoms with E-state index in [2.05, 4.69) is 17.1 Å². The molecule has 1 aliphatic heterocycles. The highest BCUT2D eigenvalue weighted by Crippen LogP contribution is 2.43. The second-order valence-electron chi connectivity index (χ2n) is 4.61. The molecule has 0 amide bonds. The Labute approximate surface area is 126 Å². The number of hydrogen-bond acceptors (Lipinski definition) is 6. The number of phenolic OH excluding ortho intramolecular Hbond substituents is 1. The molecule has 1 aromatic heterocycles. The fourth-order valence-corrected chi connectivity index (χ4v) is 5.20. The van der Waals surface area contributed by atoms with Crippen LogP contribution in [0.25, 0.3) is 11.5 Å². The van der Waals surface area contributed by atoms with Crippen LogP contribution in [0.5, 0.6) is 5.75 Å². The largest absolute Gasteiger partial charge is 0.508 e. The molecule has 2 heterocycles. The van der Waals surface area contributed by atoms with Gasteiger partial charge >= 0.3 is 0 Å². The number of phenols is 1. The highest BCUT2D eigenvalue weighted by Gasteiger charge is 2.30. The Balaban J connectivity index is 1.84. The quantitative estimate of drug-likeness (QED) is 0.932. The summed E-state index contributed by atoms with van der Waals surface area (Å²) in [5.41, 5.74) is 0.836. The van der Waals surface area contributed by atoms with Crippen LogP contribution in [-0.2, 0) is 0 Å². The summed E-state index contributed by atoms with van der Waals surface area (Å²) in [4.78, 5) is 4.54. The van der Waals surface area contributed by atoms with Crippen LogP contribution in [-0.4, -0.2) is 32.0 Å². The minimum absolute atomic E-state index is 0.235. The van der Waals surface area contributed by atoms with Crippen LogP contribution in [0.2, 0.25) is 0 Å². The van der Waals surface area contributed by atoms with Crippen LogP contribution < -0.4 is 0 Å². The predicted octanol–water partition coefficient (Wildman–Crippen LogP) is 3.74. The van der Waals surface area contributed by atoms with Gasteiger partial charge in [0.15, 0.2) is 5.82 Å². The molecule has 0 radical (unpaired) electrons. The second kappa shape index (κ2) is 6.10. The van der Waals surface area contributed by atoms with E-state index in [9.17, 15) is 5.11 Å². The van der Waals surface area contributed by atoms with Crippen molar-refractivity contribution in [3.63, 3.8) is 0 Å². The smallest absolute Gasteiger partial charge is 0.257 e. The molecule has 1 aromatic carbocycles. The third kappa shape index (κ3) is 2.81. The molecule has 2 unspecified atom stereocenters. The first-order valence-electron chi connectivity index (χ1n) is 6.64.